The molecule has 45 heavy (non-hydrogen) atoms. The minimum Gasteiger partial charge on any atom is -0.457 e. The molecule has 0 fully saturated rings. The third-order valence-corrected chi connectivity index (χ3v) is 9.45. The zero-order valence-corrected chi connectivity index (χ0v) is 26.2. The molecule has 0 aliphatic carbocycles. The Morgan fingerprint density at radius 3 is 2.00 bits per heavy atom. The molecule has 3 heterocycles. The maximum atomic E-state index is 6.74. The first-order valence-corrected chi connectivity index (χ1v) is 15.5. The van der Waals surface area contributed by atoms with E-state index in [-0.39, 0.29) is 5.54 Å². The van der Waals surface area contributed by atoms with Gasteiger partial charge in [0.05, 0.1) is 30.1 Å². The second-order valence-electron chi connectivity index (χ2n) is 12.7. The van der Waals surface area contributed by atoms with Crippen LogP contribution in [0.15, 0.2) is 128 Å². The van der Waals surface area contributed by atoms with Crippen molar-refractivity contribution in [3.8, 4) is 17.2 Å². The van der Waals surface area contributed by atoms with E-state index in [9.17, 15) is 0 Å². The minimum absolute atomic E-state index is 0.0526. The van der Waals surface area contributed by atoms with Gasteiger partial charge in [-0.2, -0.15) is 0 Å². The van der Waals surface area contributed by atoms with Gasteiger partial charge in [-0.1, -0.05) is 60.7 Å². The molecule has 0 bridgehead atoms. The number of fused-ring (bicyclic) bond motifs is 4. The van der Waals surface area contributed by atoms with Crippen LogP contribution in [0, 0.1) is 0 Å². The Bertz CT molecular complexity index is 2040. The molecule has 0 amide bonds. The molecule has 0 saturated carbocycles. The SMILES string of the molecule is CN1C=CN(c2cc(Oc3cccc(N4CN(C)C(C)(C)c5ccccc54)c3)cc(-n3c4ccccc4c4ccccc43)c2)C1. The highest BCUT2D eigenvalue weighted by atomic mass is 16.5. The number of anilines is 3. The van der Waals surface area contributed by atoms with Crippen molar-refractivity contribution in [3.05, 3.63) is 133 Å². The number of nitrogens with zero attached hydrogens (tertiary/aromatic N) is 5. The fraction of sp³-hybridized carbons (Fsp3) is 0.179. The molecule has 224 valence electrons. The van der Waals surface area contributed by atoms with Crippen LogP contribution in [0.2, 0.25) is 0 Å². The number of hydrogen-bond acceptors (Lipinski definition) is 5. The summed E-state index contributed by atoms with van der Waals surface area (Å²) in [5.74, 6) is 1.60. The number of ether oxygens (including phenoxy) is 1. The monoisotopic (exact) mass is 591 g/mol. The number of aromatic nitrogens is 1. The van der Waals surface area contributed by atoms with Gasteiger partial charge < -0.3 is 24.0 Å². The van der Waals surface area contributed by atoms with E-state index in [1.165, 1.54) is 33.1 Å². The summed E-state index contributed by atoms with van der Waals surface area (Å²) in [6.45, 7) is 6.15. The second-order valence-corrected chi connectivity index (χ2v) is 12.7. The quantitative estimate of drug-likeness (QED) is 0.199. The number of benzene rings is 5. The van der Waals surface area contributed by atoms with Gasteiger partial charge in [-0.15, -0.1) is 0 Å². The fourth-order valence-electron chi connectivity index (χ4n) is 6.79. The zero-order chi connectivity index (χ0) is 30.7. The van der Waals surface area contributed by atoms with Crippen molar-refractivity contribution in [1.82, 2.24) is 14.4 Å². The predicted octanol–water partition coefficient (Wildman–Crippen LogP) is 9.03. The van der Waals surface area contributed by atoms with E-state index in [1.54, 1.807) is 0 Å². The lowest BCUT2D eigenvalue weighted by atomic mass is 9.88. The van der Waals surface area contributed by atoms with Gasteiger partial charge in [0.1, 0.15) is 11.5 Å². The fourth-order valence-corrected chi connectivity index (χ4v) is 6.79. The molecule has 0 radical (unpaired) electrons. The second kappa shape index (κ2) is 10.5. The molecular weight excluding hydrogens is 554 g/mol. The molecule has 0 N–H and O–H groups in total. The lowest BCUT2D eigenvalue weighted by Gasteiger charge is -2.47. The summed E-state index contributed by atoms with van der Waals surface area (Å²) in [6, 6.07) is 41.0. The van der Waals surface area contributed by atoms with Crippen molar-refractivity contribution < 1.29 is 4.74 Å². The van der Waals surface area contributed by atoms with E-state index in [2.05, 4.69) is 174 Å². The number of rotatable bonds is 5. The van der Waals surface area contributed by atoms with E-state index in [4.69, 9.17) is 4.74 Å². The van der Waals surface area contributed by atoms with Crippen LogP contribution in [-0.4, -0.2) is 41.8 Å². The Morgan fingerprint density at radius 2 is 1.27 bits per heavy atom. The lowest BCUT2D eigenvalue weighted by molar-refractivity contribution is 0.150. The summed E-state index contributed by atoms with van der Waals surface area (Å²) in [4.78, 5) is 9.19. The van der Waals surface area contributed by atoms with Gasteiger partial charge >= 0.3 is 0 Å². The average Bonchev–Trinajstić information content (AvgIpc) is 3.64. The standard InChI is InChI=1S/C39H37N5O/c1-39(2)35-16-7-10-19-38(35)43(27-41(39)4)28-12-11-13-31(23-28)45-32-24-29(42-21-20-40(3)26-42)22-30(25-32)44-36-17-8-5-14-33(36)34-15-6-9-18-37(34)44/h5-25H,26-27H2,1-4H3. The molecule has 2 aliphatic heterocycles. The van der Waals surface area contributed by atoms with Crippen LogP contribution >= 0.6 is 0 Å². The molecule has 2 aliphatic rings. The van der Waals surface area contributed by atoms with Crippen LogP contribution < -0.4 is 14.5 Å². The largest absolute Gasteiger partial charge is 0.457 e. The molecule has 1 aromatic heterocycles. The first kappa shape index (κ1) is 27.4. The maximum absolute atomic E-state index is 6.74. The molecule has 0 atom stereocenters. The third kappa shape index (κ3) is 4.61. The molecule has 0 saturated heterocycles. The Labute approximate surface area is 264 Å². The summed E-state index contributed by atoms with van der Waals surface area (Å²) in [6.07, 6.45) is 4.23. The molecular formula is C39H37N5O. The van der Waals surface area contributed by atoms with Crippen molar-refractivity contribution >= 4 is 38.9 Å². The van der Waals surface area contributed by atoms with Gasteiger partial charge in [-0.05, 0) is 62.9 Å². The Kier molecular flexibility index (Phi) is 6.36. The van der Waals surface area contributed by atoms with E-state index in [0.29, 0.717) is 0 Å². The minimum atomic E-state index is -0.0526. The van der Waals surface area contributed by atoms with E-state index in [1.807, 2.05) is 6.07 Å². The highest BCUT2D eigenvalue weighted by molar-refractivity contribution is 6.09. The average molecular weight is 592 g/mol. The maximum Gasteiger partial charge on any atom is 0.131 e. The van der Waals surface area contributed by atoms with Gasteiger partial charge in [-0.3, -0.25) is 4.90 Å². The highest BCUT2D eigenvalue weighted by Gasteiger charge is 2.35. The summed E-state index contributed by atoms with van der Waals surface area (Å²) >= 11 is 0. The van der Waals surface area contributed by atoms with Gasteiger partial charge in [0, 0.05) is 71.0 Å². The third-order valence-electron chi connectivity index (χ3n) is 9.45. The molecule has 8 rings (SSSR count). The molecule has 5 aromatic carbocycles. The topological polar surface area (TPSA) is 27.1 Å². The lowest BCUT2D eigenvalue weighted by Crippen LogP contribution is -2.49. The summed E-state index contributed by atoms with van der Waals surface area (Å²) in [7, 11) is 4.28. The van der Waals surface area contributed by atoms with Crippen molar-refractivity contribution in [2.75, 3.05) is 37.2 Å². The van der Waals surface area contributed by atoms with E-state index in [0.717, 1.165) is 41.9 Å². The van der Waals surface area contributed by atoms with Crippen LogP contribution in [0.4, 0.5) is 17.1 Å². The van der Waals surface area contributed by atoms with Gasteiger partial charge in [-0.25, -0.2) is 0 Å². The first-order chi connectivity index (χ1) is 21.9. The van der Waals surface area contributed by atoms with Crippen molar-refractivity contribution in [2.24, 2.45) is 0 Å². The molecule has 0 spiro atoms. The van der Waals surface area contributed by atoms with Crippen LogP contribution in [0.5, 0.6) is 11.5 Å². The van der Waals surface area contributed by atoms with Gasteiger partial charge in [0.15, 0.2) is 0 Å². The Hall–Kier alpha value is -5.20. The zero-order valence-electron chi connectivity index (χ0n) is 26.2. The Morgan fingerprint density at radius 1 is 0.600 bits per heavy atom. The summed E-state index contributed by atoms with van der Waals surface area (Å²) < 4.78 is 9.09. The molecule has 6 aromatic rings. The summed E-state index contributed by atoms with van der Waals surface area (Å²) in [5.41, 5.74) is 8.09. The number of hydrogen-bond donors (Lipinski definition) is 0. The molecule has 6 nitrogen and oxygen atoms in total. The van der Waals surface area contributed by atoms with E-state index >= 15 is 0 Å². The van der Waals surface area contributed by atoms with Crippen molar-refractivity contribution in [2.45, 2.75) is 19.4 Å². The van der Waals surface area contributed by atoms with Gasteiger partial charge in [0.2, 0.25) is 0 Å². The van der Waals surface area contributed by atoms with E-state index < -0.39 is 0 Å². The number of para-hydroxylation sites is 3. The predicted molar refractivity (Wildman–Crippen MR) is 186 cm³/mol. The smallest absolute Gasteiger partial charge is 0.131 e. The molecule has 6 heteroatoms. The summed E-state index contributed by atoms with van der Waals surface area (Å²) in [5, 5.41) is 2.48. The first-order valence-electron chi connectivity index (χ1n) is 15.5. The van der Waals surface area contributed by atoms with Gasteiger partial charge in [0.25, 0.3) is 0 Å². The van der Waals surface area contributed by atoms with Crippen molar-refractivity contribution in [1.29, 1.82) is 0 Å². The van der Waals surface area contributed by atoms with Crippen LogP contribution in [0.1, 0.15) is 19.4 Å². The Balaban J connectivity index is 1.22. The van der Waals surface area contributed by atoms with Crippen LogP contribution in [0.25, 0.3) is 27.5 Å². The molecule has 0 unspecified atom stereocenters. The van der Waals surface area contributed by atoms with Crippen molar-refractivity contribution in [3.63, 3.8) is 0 Å². The normalized spacial score (nSPS) is 16.1. The van der Waals surface area contributed by atoms with Crippen LogP contribution in [0.3, 0.4) is 0 Å². The van der Waals surface area contributed by atoms with Crippen LogP contribution in [-0.2, 0) is 5.54 Å². The highest BCUT2D eigenvalue weighted by Crippen LogP contribution is 2.43.